The van der Waals surface area contributed by atoms with Crippen molar-refractivity contribution in [3.05, 3.63) is 200 Å². The van der Waals surface area contributed by atoms with Crippen LogP contribution in [0.25, 0.3) is 127 Å². The van der Waals surface area contributed by atoms with Crippen LogP contribution in [-0.2, 0) is 0 Å². The van der Waals surface area contributed by atoms with Gasteiger partial charge in [0.05, 0.1) is 49.8 Å². The first-order valence-electron chi connectivity index (χ1n) is 20.8. The van der Waals surface area contributed by atoms with Crippen molar-refractivity contribution in [2.24, 2.45) is 0 Å². The molecule has 0 unspecified atom stereocenters. The van der Waals surface area contributed by atoms with Crippen molar-refractivity contribution in [2.75, 3.05) is 0 Å². The Bertz CT molecular complexity index is 4100. The Balaban J connectivity index is 1.09. The number of benzene rings is 9. The molecule has 0 radical (unpaired) electrons. The molecular formula is C56H33N5. The second-order valence-electron chi connectivity index (χ2n) is 16.2. The van der Waals surface area contributed by atoms with Crippen molar-refractivity contribution in [3.8, 4) is 34.0 Å². The quantitative estimate of drug-likeness (QED) is 0.179. The van der Waals surface area contributed by atoms with Gasteiger partial charge in [0.1, 0.15) is 0 Å². The highest BCUT2D eigenvalue weighted by molar-refractivity contribution is 6.34. The van der Waals surface area contributed by atoms with E-state index in [1.165, 1.54) is 76.3 Å². The van der Waals surface area contributed by atoms with Gasteiger partial charge in [-0.1, -0.05) is 140 Å². The summed E-state index contributed by atoms with van der Waals surface area (Å²) in [6.07, 6.45) is 0. The zero-order chi connectivity index (χ0) is 39.8. The van der Waals surface area contributed by atoms with Gasteiger partial charge in [0.25, 0.3) is 0 Å². The first-order valence-corrected chi connectivity index (χ1v) is 20.8. The van der Waals surface area contributed by atoms with Crippen LogP contribution in [0, 0.1) is 0 Å². The van der Waals surface area contributed by atoms with E-state index in [0.29, 0.717) is 5.95 Å². The molecule has 5 heteroatoms. The number of fused-ring (bicyclic) bond motifs is 14. The number of hydrogen-bond donors (Lipinski definition) is 0. The van der Waals surface area contributed by atoms with E-state index >= 15 is 0 Å². The fraction of sp³-hybridized carbons (Fsp3) is 0. The fourth-order valence-electron chi connectivity index (χ4n) is 10.4. The summed E-state index contributed by atoms with van der Waals surface area (Å²) in [7, 11) is 0. The third-order valence-electron chi connectivity index (χ3n) is 13.0. The maximum Gasteiger partial charge on any atom is 0.235 e. The summed E-state index contributed by atoms with van der Waals surface area (Å²) in [5.41, 5.74) is 14.5. The van der Waals surface area contributed by atoms with Crippen LogP contribution in [-0.4, -0.2) is 23.5 Å². The third-order valence-corrected chi connectivity index (χ3v) is 13.0. The molecule has 0 amide bonds. The van der Waals surface area contributed by atoms with Crippen molar-refractivity contribution in [1.82, 2.24) is 23.5 Å². The predicted octanol–water partition coefficient (Wildman–Crippen LogP) is 14.3. The number of hydrogen-bond acceptors (Lipinski definition) is 2. The highest BCUT2D eigenvalue weighted by atomic mass is 15.2. The Morgan fingerprint density at radius 1 is 0.311 bits per heavy atom. The molecule has 14 rings (SSSR count). The highest BCUT2D eigenvalue weighted by Gasteiger charge is 2.26. The third kappa shape index (κ3) is 4.44. The lowest BCUT2D eigenvalue weighted by Crippen LogP contribution is -2.03. The molecule has 61 heavy (non-hydrogen) atoms. The Morgan fingerprint density at radius 2 is 0.902 bits per heavy atom. The second-order valence-corrected chi connectivity index (χ2v) is 16.2. The number of rotatable bonds is 4. The molecule has 0 bridgehead atoms. The van der Waals surface area contributed by atoms with Crippen molar-refractivity contribution in [2.45, 2.75) is 0 Å². The summed E-state index contributed by atoms with van der Waals surface area (Å²) < 4.78 is 7.17. The van der Waals surface area contributed by atoms with Gasteiger partial charge in [-0.05, 0) is 71.8 Å². The Kier molecular flexibility index (Phi) is 6.49. The van der Waals surface area contributed by atoms with E-state index in [-0.39, 0.29) is 0 Å². The maximum absolute atomic E-state index is 5.63. The minimum absolute atomic E-state index is 0.651. The van der Waals surface area contributed by atoms with Gasteiger partial charge in [0.2, 0.25) is 5.95 Å². The second kappa shape index (κ2) is 12.1. The molecule has 0 saturated heterocycles. The van der Waals surface area contributed by atoms with Gasteiger partial charge in [-0.25, -0.2) is 9.97 Å². The largest absolute Gasteiger partial charge is 0.309 e. The van der Waals surface area contributed by atoms with Gasteiger partial charge in [0.15, 0.2) is 0 Å². The number of aromatic nitrogens is 5. The van der Waals surface area contributed by atoms with Gasteiger partial charge in [-0.15, -0.1) is 0 Å². The van der Waals surface area contributed by atoms with Crippen LogP contribution in [0.5, 0.6) is 0 Å². The van der Waals surface area contributed by atoms with E-state index in [9.17, 15) is 0 Å². The summed E-state index contributed by atoms with van der Waals surface area (Å²) in [6.45, 7) is 0. The maximum atomic E-state index is 5.63. The number of para-hydroxylation sites is 5. The average molecular weight is 776 g/mol. The Labute approximate surface area is 348 Å². The zero-order valence-electron chi connectivity index (χ0n) is 32.8. The summed E-state index contributed by atoms with van der Waals surface area (Å²) in [6, 6.07) is 72.2. The molecule has 0 aliphatic rings. The monoisotopic (exact) mass is 775 g/mol. The normalized spacial score (nSPS) is 12.3. The summed E-state index contributed by atoms with van der Waals surface area (Å²) in [4.78, 5) is 11.1. The lowest BCUT2D eigenvalue weighted by molar-refractivity contribution is 1.02. The van der Waals surface area contributed by atoms with Gasteiger partial charge in [-0.2, -0.15) is 0 Å². The van der Waals surface area contributed by atoms with Crippen molar-refractivity contribution in [1.29, 1.82) is 0 Å². The van der Waals surface area contributed by atoms with Crippen LogP contribution >= 0.6 is 0 Å². The molecule has 0 N–H and O–H groups in total. The highest BCUT2D eigenvalue weighted by Crippen LogP contribution is 2.47. The Hall–Kier alpha value is -8.28. The Morgan fingerprint density at radius 3 is 1.70 bits per heavy atom. The molecule has 5 heterocycles. The lowest BCUT2D eigenvalue weighted by atomic mass is 10.00. The fourth-order valence-corrected chi connectivity index (χ4v) is 10.4. The summed E-state index contributed by atoms with van der Waals surface area (Å²) in [5.74, 6) is 0.651. The minimum Gasteiger partial charge on any atom is -0.309 e. The molecule has 0 atom stereocenters. The zero-order valence-corrected chi connectivity index (χ0v) is 32.8. The van der Waals surface area contributed by atoms with Crippen molar-refractivity contribution < 1.29 is 0 Å². The minimum atomic E-state index is 0.651. The molecule has 0 spiro atoms. The van der Waals surface area contributed by atoms with E-state index in [1.807, 2.05) is 0 Å². The average Bonchev–Trinajstić information content (AvgIpc) is 4.05. The molecule has 5 aromatic heterocycles. The molecular weight excluding hydrogens is 743 g/mol. The first kappa shape index (κ1) is 32.7. The van der Waals surface area contributed by atoms with Crippen molar-refractivity contribution in [3.63, 3.8) is 0 Å². The van der Waals surface area contributed by atoms with E-state index in [0.717, 1.165) is 44.4 Å². The summed E-state index contributed by atoms with van der Waals surface area (Å²) >= 11 is 0. The smallest absolute Gasteiger partial charge is 0.235 e. The standard InChI is InChI=1S/C56H33N5/c1-3-15-34(16-4-1)35-28-30-50-43(31-35)45-33-44-39-20-9-13-25-48(39)61(55(44)52-42-22-10-14-26-49(42)60(50)54(45)52)56-57-46-23-11-7-21-41(46)53(58-56)36-27-29-40-38-19-8-12-24-47(38)59(51(40)32-36)37-17-5-2-6-18-37/h1-33H. The molecule has 0 fully saturated rings. The van der Waals surface area contributed by atoms with Crippen LogP contribution in [0.2, 0.25) is 0 Å². The van der Waals surface area contributed by atoms with Crippen molar-refractivity contribution >= 4 is 92.6 Å². The van der Waals surface area contributed by atoms with Crippen LogP contribution in [0.15, 0.2) is 200 Å². The SMILES string of the molecule is c1ccc(-c2ccc3c(c2)c2cc4c5ccccc5n(-c5nc(-c6ccc7c8ccccc8n(-c8ccccc8)c7c6)c6ccccc6n5)c4c4c5ccccc5n3c24)cc1. The molecule has 282 valence electrons. The summed E-state index contributed by atoms with van der Waals surface area (Å²) in [5, 5.41) is 10.7. The first-order chi connectivity index (χ1) is 30.3. The van der Waals surface area contributed by atoms with E-state index in [1.54, 1.807) is 0 Å². The molecule has 0 aliphatic carbocycles. The number of nitrogens with zero attached hydrogens (tertiary/aromatic N) is 5. The molecule has 0 aliphatic heterocycles. The molecule has 9 aromatic carbocycles. The van der Waals surface area contributed by atoms with E-state index < -0.39 is 0 Å². The van der Waals surface area contributed by atoms with Gasteiger partial charge in [0, 0.05) is 59.7 Å². The topological polar surface area (TPSA) is 40.0 Å². The van der Waals surface area contributed by atoms with Crippen LogP contribution in [0.3, 0.4) is 0 Å². The van der Waals surface area contributed by atoms with Crippen LogP contribution < -0.4 is 0 Å². The van der Waals surface area contributed by atoms with E-state index in [2.05, 4.69) is 214 Å². The van der Waals surface area contributed by atoms with Gasteiger partial charge < -0.3 is 8.97 Å². The molecule has 14 aromatic rings. The van der Waals surface area contributed by atoms with E-state index in [4.69, 9.17) is 9.97 Å². The molecule has 0 saturated carbocycles. The predicted molar refractivity (Wildman–Crippen MR) is 254 cm³/mol. The van der Waals surface area contributed by atoms with Crippen LogP contribution in [0.4, 0.5) is 0 Å². The van der Waals surface area contributed by atoms with Gasteiger partial charge >= 0.3 is 0 Å². The molecule has 5 nitrogen and oxygen atoms in total. The van der Waals surface area contributed by atoms with Crippen LogP contribution in [0.1, 0.15) is 0 Å². The lowest BCUT2D eigenvalue weighted by Gasteiger charge is -2.13. The van der Waals surface area contributed by atoms with Gasteiger partial charge in [-0.3, -0.25) is 4.57 Å².